The van der Waals surface area contributed by atoms with Gasteiger partial charge in [-0.3, -0.25) is 0 Å². The fraction of sp³-hybridized carbons (Fsp3) is 0.0833. The van der Waals surface area contributed by atoms with E-state index in [-0.39, 0.29) is 11.6 Å². The second-order valence-corrected chi connectivity index (χ2v) is 9.39. The summed E-state index contributed by atoms with van der Waals surface area (Å²) >= 11 is 19.1. The first-order valence-electron chi connectivity index (χ1n) is 9.54. The Hall–Kier alpha value is -2.12. The molecular formula is C24H15Br2Cl2NO3. The third-order valence-corrected chi connectivity index (χ3v) is 6.51. The lowest BCUT2D eigenvalue weighted by atomic mass is 10.1. The molecule has 0 aromatic heterocycles. The zero-order valence-electron chi connectivity index (χ0n) is 16.4. The Morgan fingerprint density at radius 1 is 0.969 bits per heavy atom. The lowest BCUT2D eigenvalue weighted by molar-refractivity contribution is -0.129. The number of ether oxygens (including phenoxy) is 2. The molecule has 0 saturated heterocycles. The van der Waals surface area contributed by atoms with Crippen LogP contribution in [-0.2, 0) is 16.0 Å². The number of aliphatic imine (C=N–C) groups is 1. The summed E-state index contributed by atoms with van der Waals surface area (Å²) in [6, 6.07) is 18.8. The van der Waals surface area contributed by atoms with E-state index < -0.39 is 5.97 Å². The molecular weight excluding hydrogens is 581 g/mol. The van der Waals surface area contributed by atoms with Crippen molar-refractivity contribution in [3.63, 3.8) is 0 Å². The van der Waals surface area contributed by atoms with Gasteiger partial charge in [0.15, 0.2) is 5.70 Å². The van der Waals surface area contributed by atoms with E-state index in [1.54, 1.807) is 24.3 Å². The third kappa shape index (κ3) is 5.44. The minimum absolute atomic E-state index is 0.179. The van der Waals surface area contributed by atoms with Crippen LogP contribution in [0, 0.1) is 0 Å². The van der Waals surface area contributed by atoms with E-state index in [2.05, 4.69) is 49.0 Å². The van der Waals surface area contributed by atoms with Crippen molar-refractivity contribution in [2.24, 2.45) is 4.99 Å². The van der Waals surface area contributed by atoms with Crippen LogP contribution in [0.15, 0.2) is 80.3 Å². The van der Waals surface area contributed by atoms with Crippen molar-refractivity contribution in [2.45, 2.75) is 6.42 Å². The first kappa shape index (κ1) is 23.1. The molecule has 1 aliphatic rings. The maximum Gasteiger partial charge on any atom is 0.363 e. The molecule has 0 fully saturated rings. The average molecular weight is 596 g/mol. The zero-order chi connectivity index (χ0) is 22.7. The van der Waals surface area contributed by atoms with Crippen LogP contribution in [0.1, 0.15) is 16.7 Å². The number of esters is 1. The van der Waals surface area contributed by atoms with Gasteiger partial charge in [0.2, 0.25) is 5.90 Å². The Morgan fingerprint density at radius 2 is 1.69 bits per heavy atom. The van der Waals surface area contributed by atoms with Crippen molar-refractivity contribution < 1.29 is 14.3 Å². The van der Waals surface area contributed by atoms with Gasteiger partial charge in [0.1, 0.15) is 5.75 Å². The number of hydrogen-bond acceptors (Lipinski definition) is 4. The molecule has 0 atom stereocenters. The number of rotatable bonds is 6. The van der Waals surface area contributed by atoms with E-state index in [0.29, 0.717) is 28.0 Å². The van der Waals surface area contributed by atoms with Gasteiger partial charge in [0, 0.05) is 12.0 Å². The molecule has 0 spiro atoms. The van der Waals surface area contributed by atoms with Gasteiger partial charge in [-0.15, -0.1) is 0 Å². The number of halogens is 4. The standard InChI is InChI=1S/C24H15Br2Cl2NO3/c25-17-10-15(11-18(26)22(17)31-9-8-14-4-2-1-3-5-14)12-21-24(30)32-23(29-21)16-6-7-19(27)20(28)13-16/h1-7,10-13H,8-9H2/b21-12-. The first-order valence-corrected chi connectivity index (χ1v) is 11.9. The summed E-state index contributed by atoms with van der Waals surface area (Å²) in [7, 11) is 0. The Morgan fingerprint density at radius 3 is 2.38 bits per heavy atom. The Kier molecular flexibility index (Phi) is 7.36. The van der Waals surface area contributed by atoms with Crippen molar-refractivity contribution in [3.8, 4) is 5.75 Å². The van der Waals surface area contributed by atoms with Gasteiger partial charge in [-0.2, -0.15) is 0 Å². The van der Waals surface area contributed by atoms with Gasteiger partial charge < -0.3 is 9.47 Å². The number of benzene rings is 3. The third-order valence-electron chi connectivity index (χ3n) is 4.59. The van der Waals surface area contributed by atoms with Gasteiger partial charge in [-0.05, 0) is 79.4 Å². The van der Waals surface area contributed by atoms with Crippen LogP contribution in [0.2, 0.25) is 10.0 Å². The summed E-state index contributed by atoms with van der Waals surface area (Å²) in [6.07, 6.45) is 2.44. The van der Waals surface area contributed by atoms with Crippen LogP contribution in [0.3, 0.4) is 0 Å². The van der Waals surface area contributed by atoms with Crippen LogP contribution in [0.4, 0.5) is 0 Å². The summed E-state index contributed by atoms with van der Waals surface area (Å²) in [4.78, 5) is 16.6. The van der Waals surface area contributed by atoms with E-state index in [1.165, 1.54) is 5.56 Å². The molecule has 1 heterocycles. The van der Waals surface area contributed by atoms with E-state index in [1.807, 2.05) is 30.3 Å². The molecule has 32 heavy (non-hydrogen) atoms. The van der Waals surface area contributed by atoms with Gasteiger partial charge in [-0.1, -0.05) is 53.5 Å². The highest BCUT2D eigenvalue weighted by atomic mass is 79.9. The van der Waals surface area contributed by atoms with Gasteiger partial charge >= 0.3 is 5.97 Å². The van der Waals surface area contributed by atoms with Crippen LogP contribution in [-0.4, -0.2) is 18.5 Å². The van der Waals surface area contributed by atoms with Crippen molar-refractivity contribution >= 4 is 73.0 Å². The van der Waals surface area contributed by atoms with E-state index in [4.69, 9.17) is 32.7 Å². The number of cyclic esters (lactones) is 1. The summed E-state index contributed by atoms with van der Waals surface area (Å²) in [6.45, 7) is 0.533. The van der Waals surface area contributed by atoms with E-state index >= 15 is 0 Å². The summed E-state index contributed by atoms with van der Waals surface area (Å²) < 4.78 is 12.8. The molecule has 3 aromatic carbocycles. The predicted octanol–water partition coefficient (Wildman–Crippen LogP) is 7.48. The van der Waals surface area contributed by atoms with E-state index in [9.17, 15) is 4.79 Å². The maximum absolute atomic E-state index is 12.3. The van der Waals surface area contributed by atoms with Crippen LogP contribution in [0.25, 0.3) is 6.08 Å². The highest BCUT2D eigenvalue weighted by molar-refractivity contribution is 9.11. The van der Waals surface area contributed by atoms with E-state index in [0.717, 1.165) is 20.9 Å². The molecule has 0 aliphatic carbocycles. The smallest absolute Gasteiger partial charge is 0.363 e. The fourth-order valence-corrected chi connectivity index (χ4v) is 4.78. The van der Waals surface area contributed by atoms with Crippen LogP contribution in [0.5, 0.6) is 5.75 Å². The highest BCUT2D eigenvalue weighted by Crippen LogP contribution is 2.36. The van der Waals surface area contributed by atoms with Crippen molar-refractivity contribution in [2.75, 3.05) is 6.61 Å². The largest absolute Gasteiger partial charge is 0.491 e. The highest BCUT2D eigenvalue weighted by Gasteiger charge is 2.25. The molecule has 0 bridgehead atoms. The quantitative estimate of drug-likeness (QED) is 0.219. The molecule has 0 N–H and O–H groups in total. The summed E-state index contributed by atoms with van der Waals surface area (Å²) in [5.74, 6) is 0.331. The number of nitrogens with zero attached hydrogens (tertiary/aromatic N) is 1. The normalized spacial score (nSPS) is 14.4. The Bertz CT molecular complexity index is 1220. The molecule has 8 heteroatoms. The summed E-state index contributed by atoms with van der Waals surface area (Å²) in [5.41, 5.74) is 2.71. The molecule has 1 aliphatic heterocycles. The Labute approximate surface area is 212 Å². The van der Waals surface area contributed by atoms with Crippen LogP contribution >= 0.6 is 55.1 Å². The Balaban J connectivity index is 1.51. The first-order chi connectivity index (χ1) is 15.4. The second kappa shape index (κ2) is 10.2. The maximum atomic E-state index is 12.3. The molecule has 162 valence electrons. The number of carbonyl (C=O) groups excluding carboxylic acids is 1. The molecule has 0 amide bonds. The van der Waals surface area contributed by atoms with Gasteiger partial charge in [0.05, 0.1) is 25.6 Å². The summed E-state index contributed by atoms with van der Waals surface area (Å²) in [5, 5.41) is 0.771. The zero-order valence-corrected chi connectivity index (χ0v) is 21.1. The average Bonchev–Trinajstić information content (AvgIpc) is 3.13. The molecule has 0 saturated carbocycles. The predicted molar refractivity (Wildman–Crippen MR) is 135 cm³/mol. The molecule has 4 nitrogen and oxygen atoms in total. The number of carbonyl (C=O) groups is 1. The lowest BCUT2D eigenvalue weighted by Crippen LogP contribution is -2.05. The SMILES string of the molecule is O=C1OC(c2ccc(Cl)c(Cl)c2)=N/C1=C\c1cc(Br)c(OCCc2ccccc2)c(Br)c1. The molecule has 0 radical (unpaired) electrons. The van der Waals surface area contributed by atoms with Crippen molar-refractivity contribution in [3.05, 3.63) is 102 Å². The van der Waals surface area contributed by atoms with Gasteiger partial charge in [-0.25, -0.2) is 9.79 Å². The topological polar surface area (TPSA) is 47.9 Å². The fourth-order valence-electron chi connectivity index (χ4n) is 3.04. The lowest BCUT2D eigenvalue weighted by Gasteiger charge is -2.11. The minimum atomic E-state index is -0.540. The molecule has 0 unspecified atom stereocenters. The second-order valence-electron chi connectivity index (χ2n) is 6.86. The van der Waals surface area contributed by atoms with Crippen molar-refractivity contribution in [1.29, 1.82) is 0 Å². The minimum Gasteiger partial charge on any atom is -0.491 e. The molecule has 3 aromatic rings. The van der Waals surface area contributed by atoms with Crippen LogP contribution < -0.4 is 4.74 Å². The van der Waals surface area contributed by atoms with Crippen molar-refractivity contribution in [1.82, 2.24) is 0 Å². The molecule has 4 rings (SSSR count). The number of hydrogen-bond donors (Lipinski definition) is 0. The monoisotopic (exact) mass is 593 g/mol. The van der Waals surface area contributed by atoms with Gasteiger partial charge in [0.25, 0.3) is 0 Å².